The Morgan fingerprint density at radius 3 is 2.35 bits per heavy atom. The van der Waals surface area contributed by atoms with E-state index < -0.39 is 0 Å². The van der Waals surface area contributed by atoms with E-state index in [4.69, 9.17) is 5.73 Å². The van der Waals surface area contributed by atoms with E-state index >= 15 is 0 Å². The van der Waals surface area contributed by atoms with Crippen LogP contribution in [0.2, 0.25) is 0 Å². The molecule has 1 saturated carbocycles. The number of amides is 1. The van der Waals surface area contributed by atoms with Gasteiger partial charge in [-0.15, -0.1) is 0 Å². The lowest BCUT2D eigenvalue weighted by Crippen LogP contribution is -2.53. The van der Waals surface area contributed by atoms with Gasteiger partial charge in [0, 0.05) is 45.2 Å². The highest BCUT2D eigenvalue weighted by atomic mass is 16.2. The first-order valence-electron chi connectivity index (χ1n) is 8.46. The number of hydrogen-bond acceptors (Lipinski definition) is 3. The molecule has 2 rings (SSSR count). The van der Waals surface area contributed by atoms with Gasteiger partial charge in [-0.2, -0.15) is 0 Å². The largest absolute Gasteiger partial charge is 0.340 e. The zero-order chi connectivity index (χ0) is 14.4. The minimum atomic E-state index is 0.386. The molecule has 0 aromatic rings. The molecule has 1 heterocycles. The fraction of sp³-hybridized carbons (Fsp3) is 0.938. The van der Waals surface area contributed by atoms with Crippen LogP contribution in [0.4, 0.5) is 0 Å². The molecule has 1 atom stereocenters. The monoisotopic (exact) mass is 281 g/mol. The van der Waals surface area contributed by atoms with Crippen LogP contribution in [0.25, 0.3) is 0 Å². The van der Waals surface area contributed by atoms with Crippen molar-refractivity contribution >= 4 is 5.91 Å². The van der Waals surface area contributed by atoms with Crippen LogP contribution >= 0.6 is 0 Å². The molecule has 2 N–H and O–H groups in total. The summed E-state index contributed by atoms with van der Waals surface area (Å²) in [5, 5.41) is 0. The molecule has 1 aliphatic carbocycles. The number of carbonyl (C=O) groups excluding carboxylic acids is 1. The summed E-state index contributed by atoms with van der Waals surface area (Å²) in [7, 11) is 0. The van der Waals surface area contributed by atoms with Crippen molar-refractivity contribution in [3.8, 4) is 0 Å². The Morgan fingerprint density at radius 1 is 1.15 bits per heavy atom. The molecule has 0 aromatic carbocycles. The van der Waals surface area contributed by atoms with Crippen LogP contribution in [0.1, 0.15) is 51.9 Å². The zero-order valence-electron chi connectivity index (χ0n) is 13.0. The molecule has 4 nitrogen and oxygen atoms in total. The molecule has 2 fully saturated rings. The molecule has 2 aliphatic rings. The number of nitrogens with zero attached hydrogens (tertiary/aromatic N) is 2. The Balaban J connectivity index is 1.73. The summed E-state index contributed by atoms with van der Waals surface area (Å²) < 4.78 is 0. The van der Waals surface area contributed by atoms with E-state index in [1.807, 2.05) is 0 Å². The van der Waals surface area contributed by atoms with Gasteiger partial charge in [0.05, 0.1) is 0 Å². The van der Waals surface area contributed by atoms with Crippen molar-refractivity contribution in [2.75, 3.05) is 32.7 Å². The summed E-state index contributed by atoms with van der Waals surface area (Å²) in [6.45, 7) is 6.69. The molecule has 1 saturated heterocycles. The van der Waals surface area contributed by atoms with Crippen LogP contribution in [0.3, 0.4) is 0 Å². The molecule has 1 unspecified atom stereocenters. The predicted molar refractivity (Wildman–Crippen MR) is 82.5 cm³/mol. The van der Waals surface area contributed by atoms with E-state index in [-0.39, 0.29) is 0 Å². The van der Waals surface area contributed by atoms with Crippen LogP contribution < -0.4 is 5.73 Å². The molecular formula is C16H31N3O. The lowest BCUT2D eigenvalue weighted by molar-refractivity contribution is -0.134. The Morgan fingerprint density at radius 2 is 1.80 bits per heavy atom. The zero-order valence-corrected chi connectivity index (χ0v) is 13.0. The SMILES string of the molecule is CCC(CN)N1CCN(C(=O)CC2CCCCC2)CC1. The van der Waals surface area contributed by atoms with Gasteiger partial charge in [0.2, 0.25) is 5.91 Å². The van der Waals surface area contributed by atoms with Crippen molar-refractivity contribution < 1.29 is 4.79 Å². The van der Waals surface area contributed by atoms with Crippen molar-refractivity contribution in [3.05, 3.63) is 0 Å². The standard InChI is InChI=1S/C16H31N3O/c1-2-15(13-17)18-8-10-19(11-9-18)16(20)12-14-6-4-3-5-7-14/h14-15H,2-13,17H2,1H3. The highest BCUT2D eigenvalue weighted by Crippen LogP contribution is 2.27. The van der Waals surface area contributed by atoms with Gasteiger partial charge in [-0.05, 0) is 25.2 Å². The summed E-state index contributed by atoms with van der Waals surface area (Å²) in [5.74, 6) is 1.04. The summed E-state index contributed by atoms with van der Waals surface area (Å²) in [6, 6.07) is 0.491. The van der Waals surface area contributed by atoms with E-state index in [1.165, 1.54) is 32.1 Å². The smallest absolute Gasteiger partial charge is 0.222 e. The average molecular weight is 281 g/mol. The van der Waals surface area contributed by atoms with Gasteiger partial charge >= 0.3 is 0 Å². The molecule has 1 amide bonds. The van der Waals surface area contributed by atoms with E-state index in [1.54, 1.807) is 0 Å². The van der Waals surface area contributed by atoms with Gasteiger partial charge < -0.3 is 10.6 Å². The molecule has 0 radical (unpaired) electrons. The minimum absolute atomic E-state index is 0.386. The minimum Gasteiger partial charge on any atom is -0.340 e. The van der Waals surface area contributed by atoms with Crippen molar-refractivity contribution in [1.29, 1.82) is 0 Å². The Bertz CT molecular complexity index is 290. The van der Waals surface area contributed by atoms with Gasteiger partial charge in [0.25, 0.3) is 0 Å². The van der Waals surface area contributed by atoms with Crippen molar-refractivity contribution in [3.63, 3.8) is 0 Å². The molecule has 116 valence electrons. The molecule has 20 heavy (non-hydrogen) atoms. The third-order valence-electron chi connectivity index (χ3n) is 5.11. The normalized spacial score (nSPS) is 23.8. The van der Waals surface area contributed by atoms with Crippen LogP contribution in [0.5, 0.6) is 0 Å². The van der Waals surface area contributed by atoms with E-state index in [0.717, 1.165) is 45.6 Å². The van der Waals surface area contributed by atoms with Crippen molar-refractivity contribution in [2.45, 2.75) is 57.9 Å². The van der Waals surface area contributed by atoms with Crippen LogP contribution in [-0.2, 0) is 4.79 Å². The highest BCUT2D eigenvalue weighted by molar-refractivity contribution is 5.76. The summed E-state index contributed by atoms with van der Waals surface area (Å²) in [6.07, 6.45) is 8.41. The first-order valence-corrected chi connectivity index (χ1v) is 8.46. The maximum Gasteiger partial charge on any atom is 0.222 e. The summed E-state index contributed by atoms with van der Waals surface area (Å²) >= 11 is 0. The Kier molecular flexibility index (Phi) is 6.30. The van der Waals surface area contributed by atoms with Crippen LogP contribution in [-0.4, -0.2) is 54.5 Å². The number of hydrogen-bond donors (Lipinski definition) is 1. The third kappa shape index (κ3) is 4.19. The predicted octanol–water partition coefficient (Wildman–Crippen LogP) is 1.84. The lowest BCUT2D eigenvalue weighted by Gasteiger charge is -2.39. The van der Waals surface area contributed by atoms with E-state index in [2.05, 4.69) is 16.7 Å². The maximum absolute atomic E-state index is 12.4. The first-order chi connectivity index (χ1) is 9.74. The second-order valence-electron chi connectivity index (χ2n) is 6.42. The molecule has 0 spiro atoms. The summed E-state index contributed by atoms with van der Waals surface area (Å²) in [5.41, 5.74) is 5.81. The molecular weight excluding hydrogens is 250 g/mol. The van der Waals surface area contributed by atoms with Gasteiger partial charge in [-0.3, -0.25) is 9.69 Å². The second kappa shape index (κ2) is 7.99. The Hall–Kier alpha value is -0.610. The van der Waals surface area contributed by atoms with Crippen molar-refractivity contribution in [1.82, 2.24) is 9.80 Å². The third-order valence-corrected chi connectivity index (χ3v) is 5.11. The molecule has 4 heteroatoms. The van der Waals surface area contributed by atoms with Gasteiger partial charge in [-0.1, -0.05) is 26.2 Å². The molecule has 0 bridgehead atoms. The van der Waals surface area contributed by atoms with Crippen LogP contribution in [0, 0.1) is 5.92 Å². The first kappa shape index (κ1) is 15.8. The molecule has 1 aliphatic heterocycles. The maximum atomic E-state index is 12.4. The average Bonchev–Trinajstić information content (AvgIpc) is 2.50. The quantitative estimate of drug-likeness (QED) is 0.836. The van der Waals surface area contributed by atoms with Gasteiger partial charge in [0.15, 0.2) is 0 Å². The lowest BCUT2D eigenvalue weighted by atomic mass is 9.86. The topological polar surface area (TPSA) is 49.6 Å². The van der Waals surface area contributed by atoms with E-state index in [0.29, 0.717) is 17.9 Å². The summed E-state index contributed by atoms with van der Waals surface area (Å²) in [4.78, 5) is 16.9. The fourth-order valence-corrected chi connectivity index (χ4v) is 3.68. The number of rotatable bonds is 5. The van der Waals surface area contributed by atoms with Crippen molar-refractivity contribution in [2.24, 2.45) is 11.7 Å². The van der Waals surface area contributed by atoms with E-state index in [9.17, 15) is 4.79 Å². The Labute approximate surface area is 123 Å². The van der Waals surface area contributed by atoms with Crippen LogP contribution in [0.15, 0.2) is 0 Å². The molecule has 0 aromatic heterocycles. The number of carbonyl (C=O) groups is 1. The highest BCUT2D eigenvalue weighted by Gasteiger charge is 2.26. The number of piperazine rings is 1. The van der Waals surface area contributed by atoms with Gasteiger partial charge in [0.1, 0.15) is 0 Å². The van der Waals surface area contributed by atoms with Gasteiger partial charge in [-0.25, -0.2) is 0 Å². The fourth-order valence-electron chi connectivity index (χ4n) is 3.68. The second-order valence-corrected chi connectivity index (χ2v) is 6.42. The number of nitrogens with two attached hydrogens (primary N) is 1.